The molecule has 2 rings (SSSR count). The fourth-order valence-corrected chi connectivity index (χ4v) is 5.04. The van der Waals surface area contributed by atoms with E-state index in [4.69, 9.17) is 5.11 Å². The van der Waals surface area contributed by atoms with E-state index < -0.39 is 22.0 Å². The molecule has 18 heavy (non-hydrogen) atoms. The van der Waals surface area contributed by atoms with Crippen molar-refractivity contribution in [2.24, 2.45) is 0 Å². The number of aryl methyl sites for hydroxylation is 1. The Morgan fingerprint density at radius 2 is 2.39 bits per heavy atom. The molecule has 1 aliphatic heterocycles. The van der Waals surface area contributed by atoms with Gasteiger partial charge in [-0.05, 0) is 19.8 Å². The molecule has 6 nitrogen and oxygen atoms in total. The number of sulfonamides is 1. The van der Waals surface area contributed by atoms with E-state index in [9.17, 15) is 13.2 Å². The number of aromatic nitrogens is 1. The Labute approximate surface area is 109 Å². The van der Waals surface area contributed by atoms with Crippen LogP contribution in [0.15, 0.2) is 10.4 Å². The number of aliphatic carboxylic acids is 1. The lowest BCUT2D eigenvalue weighted by atomic mass is 10.2. The van der Waals surface area contributed by atoms with Crippen molar-refractivity contribution in [1.82, 2.24) is 9.29 Å². The van der Waals surface area contributed by atoms with Gasteiger partial charge in [0.1, 0.15) is 0 Å². The van der Waals surface area contributed by atoms with E-state index in [0.717, 1.165) is 11.3 Å². The molecular weight excluding hydrogens is 276 g/mol. The fourth-order valence-electron chi connectivity index (χ4n) is 2.11. The zero-order valence-electron chi connectivity index (χ0n) is 9.87. The van der Waals surface area contributed by atoms with Crippen molar-refractivity contribution in [2.75, 3.05) is 6.54 Å². The van der Waals surface area contributed by atoms with Gasteiger partial charge in [-0.3, -0.25) is 4.79 Å². The summed E-state index contributed by atoms with van der Waals surface area (Å²) in [5.74, 6) is -0.970. The third-order valence-corrected chi connectivity index (χ3v) is 6.20. The number of nitrogens with zero attached hydrogens (tertiary/aromatic N) is 2. The van der Waals surface area contributed by atoms with Gasteiger partial charge in [0.2, 0.25) is 0 Å². The Morgan fingerprint density at radius 1 is 1.67 bits per heavy atom. The van der Waals surface area contributed by atoms with Crippen LogP contribution in [0.5, 0.6) is 0 Å². The van der Waals surface area contributed by atoms with E-state index in [1.807, 2.05) is 0 Å². The van der Waals surface area contributed by atoms with E-state index in [-0.39, 0.29) is 10.6 Å². The van der Waals surface area contributed by atoms with E-state index in [0.29, 0.717) is 24.4 Å². The lowest BCUT2D eigenvalue weighted by molar-refractivity contribution is -0.137. The zero-order valence-corrected chi connectivity index (χ0v) is 11.5. The van der Waals surface area contributed by atoms with Crippen molar-refractivity contribution in [2.45, 2.75) is 36.4 Å². The van der Waals surface area contributed by atoms with Gasteiger partial charge in [-0.2, -0.15) is 4.31 Å². The Bertz CT molecular complexity index is 552. The smallest absolute Gasteiger partial charge is 0.304 e. The Balaban J connectivity index is 2.26. The second-order valence-electron chi connectivity index (χ2n) is 4.21. The molecule has 0 amide bonds. The summed E-state index contributed by atoms with van der Waals surface area (Å²) in [6.45, 7) is 2.12. The van der Waals surface area contributed by atoms with Crippen molar-refractivity contribution in [3.63, 3.8) is 0 Å². The molecule has 1 aromatic rings. The summed E-state index contributed by atoms with van der Waals surface area (Å²) < 4.78 is 26.2. The van der Waals surface area contributed by atoms with Gasteiger partial charge in [0.05, 0.1) is 17.6 Å². The van der Waals surface area contributed by atoms with E-state index in [2.05, 4.69) is 4.98 Å². The molecule has 2 heterocycles. The van der Waals surface area contributed by atoms with Crippen LogP contribution >= 0.6 is 11.3 Å². The molecule has 0 saturated carbocycles. The van der Waals surface area contributed by atoms with Gasteiger partial charge < -0.3 is 5.11 Å². The molecule has 0 aromatic carbocycles. The fraction of sp³-hybridized carbons (Fsp3) is 0.600. The minimum absolute atomic E-state index is 0.142. The predicted molar refractivity (Wildman–Crippen MR) is 66.0 cm³/mol. The predicted octanol–water partition coefficient (Wildman–Crippen LogP) is 1.08. The molecule has 1 aliphatic rings. The van der Waals surface area contributed by atoms with Gasteiger partial charge in [0.15, 0.2) is 4.21 Å². The molecule has 0 radical (unpaired) electrons. The molecule has 100 valence electrons. The molecule has 0 bridgehead atoms. The second-order valence-corrected chi connectivity index (χ2v) is 7.56. The number of carbonyl (C=O) groups is 1. The molecule has 1 unspecified atom stereocenters. The van der Waals surface area contributed by atoms with Gasteiger partial charge in [0, 0.05) is 12.6 Å². The Kier molecular flexibility index (Phi) is 3.69. The molecule has 0 aliphatic carbocycles. The number of hydrogen-bond donors (Lipinski definition) is 1. The first-order valence-corrected chi connectivity index (χ1v) is 7.83. The highest BCUT2D eigenvalue weighted by molar-refractivity contribution is 7.91. The van der Waals surface area contributed by atoms with Gasteiger partial charge in [-0.1, -0.05) is 0 Å². The summed E-state index contributed by atoms with van der Waals surface area (Å²) in [6.07, 6.45) is 2.50. The minimum Gasteiger partial charge on any atom is -0.481 e. The van der Waals surface area contributed by atoms with E-state index in [1.165, 1.54) is 10.5 Å². The standard InChI is InChI=1S/C10H14N2O4S2/c1-7-11-6-10(17-7)18(15,16)12-4-2-3-8(12)5-9(13)14/h6,8H,2-5H2,1H3,(H,13,14). The Hall–Kier alpha value is -0.990. The summed E-state index contributed by atoms with van der Waals surface area (Å²) in [4.78, 5) is 14.7. The number of hydrogen-bond acceptors (Lipinski definition) is 5. The highest BCUT2D eigenvalue weighted by Gasteiger charge is 2.37. The van der Waals surface area contributed by atoms with Crippen LogP contribution in [0, 0.1) is 6.92 Å². The van der Waals surface area contributed by atoms with Gasteiger partial charge in [-0.25, -0.2) is 13.4 Å². The molecule has 1 fully saturated rings. The number of carboxylic acids is 1. The van der Waals surface area contributed by atoms with Crippen LogP contribution in [0.25, 0.3) is 0 Å². The van der Waals surface area contributed by atoms with Crippen molar-refractivity contribution >= 4 is 27.3 Å². The number of rotatable bonds is 4. The van der Waals surface area contributed by atoms with E-state index >= 15 is 0 Å². The highest BCUT2D eigenvalue weighted by Crippen LogP contribution is 2.30. The molecule has 1 saturated heterocycles. The third kappa shape index (κ3) is 2.55. The Morgan fingerprint density at radius 3 is 2.94 bits per heavy atom. The van der Waals surface area contributed by atoms with Crippen molar-refractivity contribution in [1.29, 1.82) is 0 Å². The summed E-state index contributed by atoms with van der Waals surface area (Å²) >= 11 is 1.11. The summed E-state index contributed by atoms with van der Waals surface area (Å²) in [5, 5.41) is 9.48. The van der Waals surface area contributed by atoms with Crippen molar-refractivity contribution < 1.29 is 18.3 Å². The first kappa shape index (κ1) is 13.4. The lowest BCUT2D eigenvalue weighted by Crippen LogP contribution is -2.36. The maximum Gasteiger partial charge on any atom is 0.304 e. The monoisotopic (exact) mass is 290 g/mol. The van der Waals surface area contributed by atoms with Gasteiger partial charge >= 0.3 is 5.97 Å². The normalized spacial score (nSPS) is 21.3. The molecule has 0 spiro atoms. The van der Waals surface area contributed by atoms with Crippen LogP contribution in [0.4, 0.5) is 0 Å². The van der Waals surface area contributed by atoms with Crippen LogP contribution in [0.2, 0.25) is 0 Å². The summed E-state index contributed by atoms with van der Waals surface area (Å²) in [6, 6.07) is -0.435. The molecule has 8 heteroatoms. The maximum absolute atomic E-state index is 12.3. The second kappa shape index (κ2) is 4.94. The first-order chi connectivity index (χ1) is 8.41. The number of thiazole rings is 1. The molecule has 1 N–H and O–H groups in total. The average molecular weight is 290 g/mol. The van der Waals surface area contributed by atoms with E-state index in [1.54, 1.807) is 6.92 Å². The quantitative estimate of drug-likeness (QED) is 0.896. The van der Waals surface area contributed by atoms with Crippen molar-refractivity contribution in [3.8, 4) is 0 Å². The van der Waals surface area contributed by atoms with Crippen LogP contribution in [0.3, 0.4) is 0 Å². The van der Waals surface area contributed by atoms with Gasteiger partial charge in [0.25, 0.3) is 10.0 Å². The van der Waals surface area contributed by atoms with Crippen LogP contribution in [-0.4, -0.2) is 41.4 Å². The largest absolute Gasteiger partial charge is 0.481 e. The molecule has 1 aromatic heterocycles. The summed E-state index contributed by atoms with van der Waals surface area (Å²) in [7, 11) is -3.59. The zero-order chi connectivity index (χ0) is 13.3. The summed E-state index contributed by atoms with van der Waals surface area (Å²) in [5.41, 5.74) is 0. The maximum atomic E-state index is 12.3. The van der Waals surface area contributed by atoms with Crippen LogP contribution < -0.4 is 0 Å². The van der Waals surface area contributed by atoms with Gasteiger partial charge in [-0.15, -0.1) is 11.3 Å². The molecular formula is C10H14N2O4S2. The first-order valence-electron chi connectivity index (χ1n) is 5.57. The minimum atomic E-state index is -3.59. The topological polar surface area (TPSA) is 87.6 Å². The van der Waals surface area contributed by atoms with Crippen LogP contribution in [-0.2, 0) is 14.8 Å². The lowest BCUT2D eigenvalue weighted by Gasteiger charge is -2.21. The average Bonchev–Trinajstić information content (AvgIpc) is 2.86. The SMILES string of the molecule is Cc1ncc(S(=O)(=O)N2CCCC2CC(=O)O)s1. The number of carboxylic acid groups (broad SMARTS) is 1. The third-order valence-electron chi connectivity index (χ3n) is 2.90. The van der Waals surface area contributed by atoms with Crippen molar-refractivity contribution in [3.05, 3.63) is 11.2 Å². The highest BCUT2D eigenvalue weighted by atomic mass is 32.2. The van der Waals surface area contributed by atoms with Crippen LogP contribution in [0.1, 0.15) is 24.3 Å². The molecule has 1 atom stereocenters.